The molecule has 0 aromatic rings. The molecule has 0 spiro atoms. The van der Waals surface area contributed by atoms with E-state index in [2.05, 4.69) is 16.1 Å². The first-order valence-electron chi connectivity index (χ1n) is 2.24. The van der Waals surface area contributed by atoms with Gasteiger partial charge in [-0.2, -0.15) is 0 Å². The minimum absolute atomic E-state index is 0.314. The van der Waals surface area contributed by atoms with Gasteiger partial charge in [0.1, 0.15) is 0 Å². The number of halogens is 1. The molecule has 5 nitrogen and oxygen atoms in total. The van der Waals surface area contributed by atoms with Gasteiger partial charge in [0.05, 0.1) is 6.61 Å². The SMILES string of the molecule is CCO[PH](=O)O.O=C(O)Cl. The van der Waals surface area contributed by atoms with Crippen LogP contribution in [0.25, 0.3) is 0 Å². The van der Waals surface area contributed by atoms with E-state index in [9.17, 15) is 4.57 Å². The summed E-state index contributed by atoms with van der Waals surface area (Å²) < 4.78 is 13.7. The molecule has 0 saturated heterocycles. The topological polar surface area (TPSA) is 83.8 Å². The summed E-state index contributed by atoms with van der Waals surface area (Å²) in [7, 11) is -2.64. The summed E-state index contributed by atoms with van der Waals surface area (Å²) in [5, 5.41) is 7.18. The van der Waals surface area contributed by atoms with Gasteiger partial charge in [-0.1, -0.05) is 0 Å². The Kier molecular flexibility index (Phi) is 11.2. The molecular formula is C3H8ClO5P. The Hall–Kier alpha value is -0.0900. The van der Waals surface area contributed by atoms with Crippen LogP contribution in [0.5, 0.6) is 0 Å². The van der Waals surface area contributed by atoms with Crippen molar-refractivity contribution in [3.63, 3.8) is 0 Å². The first-order chi connectivity index (χ1) is 4.50. The predicted molar refractivity (Wildman–Crippen MR) is 36.7 cm³/mol. The molecule has 0 aromatic heterocycles. The molecule has 0 amide bonds. The van der Waals surface area contributed by atoms with Gasteiger partial charge in [-0.15, -0.1) is 0 Å². The zero-order valence-electron chi connectivity index (χ0n) is 5.20. The van der Waals surface area contributed by atoms with Gasteiger partial charge in [0, 0.05) is 11.6 Å². The lowest BCUT2D eigenvalue weighted by atomic mass is 10.9. The zero-order chi connectivity index (χ0) is 8.57. The minimum atomic E-state index is -2.64. The molecule has 1 unspecified atom stereocenters. The Labute approximate surface area is 63.5 Å². The second-order valence-corrected chi connectivity index (χ2v) is 2.10. The highest BCUT2D eigenvalue weighted by Crippen LogP contribution is 2.12. The molecule has 0 rings (SSSR count). The lowest BCUT2D eigenvalue weighted by molar-refractivity contribution is 0.220. The van der Waals surface area contributed by atoms with E-state index in [0.29, 0.717) is 6.61 Å². The second-order valence-electron chi connectivity index (χ2n) is 0.952. The van der Waals surface area contributed by atoms with Crippen LogP contribution < -0.4 is 0 Å². The Balaban J connectivity index is 0. The quantitative estimate of drug-likeness (QED) is 0.507. The third-order valence-electron chi connectivity index (χ3n) is 0.268. The Morgan fingerprint density at radius 3 is 2.10 bits per heavy atom. The van der Waals surface area contributed by atoms with E-state index in [0.717, 1.165) is 0 Å². The van der Waals surface area contributed by atoms with E-state index >= 15 is 0 Å². The van der Waals surface area contributed by atoms with Crippen LogP contribution in [0.4, 0.5) is 4.79 Å². The molecule has 2 N–H and O–H groups in total. The van der Waals surface area contributed by atoms with Crippen molar-refractivity contribution >= 4 is 25.3 Å². The third kappa shape index (κ3) is 44.6. The van der Waals surface area contributed by atoms with E-state index < -0.39 is 13.7 Å². The van der Waals surface area contributed by atoms with Crippen molar-refractivity contribution in [2.45, 2.75) is 6.92 Å². The van der Waals surface area contributed by atoms with Gasteiger partial charge in [-0.05, 0) is 6.92 Å². The van der Waals surface area contributed by atoms with Gasteiger partial charge in [-0.25, -0.2) is 4.79 Å². The molecule has 0 saturated carbocycles. The standard InChI is InChI=1S/C2H7O3P.CHClO2/c1-2-5-6(3)4;2-1(3)4/h6H,2H2,1H3,(H,3,4);(H,3,4). The van der Waals surface area contributed by atoms with Crippen LogP contribution in [-0.4, -0.2) is 22.0 Å². The van der Waals surface area contributed by atoms with Crippen LogP contribution in [0.15, 0.2) is 0 Å². The maximum Gasteiger partial charge on any atom is 0.401 e. The average molecular weight is 191 g/mol. The molecule has 0 aliphatic rings. The van der Waals surface area contributed by atoms with E-state index in [4.69, 9.17) is 14.8 Å². The largest absolute Gasteiger partial charge is 0.469 e. The molecule has 10 heavy (non-hydrogen) atoms. The molecule has 0 bridgehead atoms. The summed E-state index contributed by atoms with van der Waals surface area (Å²) in [6.45, 7) is 1.98. The average Bonchev–Trinajstić information content (AvgIpc) is 1.62. The van der Waals surface area contributed by atoms with Gasteiger partial charge in [0.15, 0.2) is 0 Å². The first-order valence-corrected chi connectivity index (χ1v) is 3.89. The Morgan fingerprint density at radius 2 is 2.10 bits per heavy atom. The number of hydrogen-bond acceptors (Lipinski definition) is 3. The maximum atomic E-state index is 9.56. The van der Waals surface area contributed by atoms with E-state index in [1.807, 2.05) is 0 Å². The van der Waals surface area contributed by atoms with Gasteiger partial charge < -0.3 is 14.5 Å². The molecule has 0 heterocycles. The number of carbonyl (C=O) groups is 1. The molecule has 0 aliphatic heterocycles. The fourth-order valence-corrected chi connectivity index (χ4v) is 0.370. The fourth-order valence-electron chi connectivity index (χ4n) is 0.123. The molecule has 0 radical (unpaired) electrons. The van der Waals surface area contributed by atoms with E-state index in [1.54, 1.807) is 6.92 Å². The Morgan fingerprint density at radius 1 is 1.80 bits per heavy atom. The predicted octanol–water partition coefficient (Wildman–Crippen LogP) is 1.31. The second kappa shape index (κ2) is 8.91. The highest BCUT2D eigenvalue weighted by Gasteiger charge is 1.81. The van der Waals surface area contributed by atoms with Crippen molar-refractivity contribution in [2.24, 2.45) is 0 Å². The molecular weight excluding hydrogens is 182 g/mol. The summed E-state index contributed by atoms with van der Waals surface area (Å²) in [5.41, 5.74) is -1.36. The third-order valence-corrected chi connectivity index (χ3v) is 0.803. The van der Waals surface area contributed by atoms with Crippen LogP contribution >= 0.6 is 19.9 Å². The van der Waals surface area contributed by atoms with Crippen LogP contribution in [-0.2, 0) is 9.09 Å². The van der Waals surface area contributed by atoms with Crippen LogP contribution in [0.2, 0.25) is 0 Å². The molecule has 0 aromatic carbocycles. The zero-order valence-corrected chi connectivity index (χ0v) is 6.96. The van der Waals surface area contributed by atoms with Crippen molar-refractivity contribution < 1.29 is 23.9 Å². The molecule has 1 atom stereocenters. The Bertz CT molecular complexity index is 111. The lowest BCUT2D eigenvalue weighted by Gasteiger charge is -1.86. The van der Waals surface area contributed by atoms with E-state index in [-0.39, 0.29) is 0 Å². The van der Waals surface area contributed by atoms with E-state index in [1.165, 1.54) is 0 Å². The van der Waals surface area contributed by atoms with Gasteiger partial charge >= 0.3 is 13.7 Å². The number of hydrogen-bond donors (Lipinski definition) is 2. The number of carboxylic acid groups (broad SMARTS) is 1. The summed E-state index contributed by atoms with van der Waals surface area (Å²) in [4.78, 5) is 16.6. The van der Waals surface area contributed by atoms with Crippen molar-refractivity contribution in [1.29, 1.82) is 0 Å². The van der Waals surface area contributed by atoms with Crippen LogP contribution in [0.3, 0.4) is 0 Å². The van der Waals surface area contributed by atoms with Gasteiger partial charge in [-0.3, -0.25) is 4.57 Å². The summed E-state index contributed by atoms with van der Waals surface area (Å²) in [6, 6.07) is 0. The van der Waals surface area contributed by atoms with Crippen molar-refractivity contribution in [2.75, 3.05) is 6.61 Å². The highest BCUT2D eigenvalue weighted by molar-refractivity contribution is 7.32. The smallest absolute Gasteiger partial charge is 0.401 e. The van der Waals surface area contributed by atoms with Crippen molar-refractivity contribution in [3.05, 3.63) is 0 Å². The lowest BCUT2D eigenvalue weighted by Crippen LogP contribution is -1.72. The number of rotatable bonds is 2. The molecule has 7 heteroatoms. The van der Waals surface area contributed by atoms with Crippen LogP contribution in [0, 0.1) is 0 Å². The summed E-state index contributed by atoms with van der Waals surface area (Å²) >= 11 is 4.19. The maximum absolute atomic E-state index is 9.56. The molecule has 62 valence electrons. The highest BCUT2D eigenvalue weighted by atomic mass is 35.5. The fraction of sp³-hybridized carbons (Fsp3) is 0.667. The minimum Gasteiger partial charge on any atom is -0.469 e. The normalized spacial score (nSPS) is 11.1. The van der Waals surface area contributed by atoms with Crippen molar-refractivity contribution in [3.8, 4) is 0 Å². The molecule has 0 fully saturated rings. The van der Waals surface area contributed by atoms with Crippen LogP contribution in [0.1, 0.15) is 6.92 Å². The first kappa shape index (κ1) is 12.6. The van der Waals surface area contributed by atoms with Gasteiger partial charge in [0.2, 0.25) is 0 Å². The summed E-state index contributed by atoms with van der Waals surface area (Å²) in [5.74, 6) is 0. The van der Waals surface area contributed by atoms with Crippen molar-refractivity contribution in [1.82, 2.24) is 0 Å². The van der Waals surface area contributed by atoms with Gasteiger partial charge in [0.25, 0.3) is 0 Å². The monoisotopic (exact) mass is 190 g/mol. The summed E-state index contributed by atoms with van der Waals surface area (Å²) in [6.07, 6.45) is 0. The molecule has 0 aliphatic carbocycles.